The molecular formula is C18H18N6S2. The fourth-order valence-corrected chi connectivity index (χ4v) is 4.87. The summed E-state index contributed by atoms with van der Waals surface area (Å²) in [6, 6.07) is 3.92. The molecule has 8 heteroatoms. The van der Waals surface area contributed by atoms with Crippen molar-refractivity contribution in [1.29, 1.82) is 0 Å². The molecule has 0 aliphatic carbocycles. The molecule has 0 radical (unpaired) electrons. The third kappa shape index (κ3) is 2.99. The zero-order valence-corrected chi connectivity index (χ0v) is 16.4. The van der Waals surface area contributed by atoms with Crippen LogP contribution in [0.1, 0.15) is 23.8 Å². The van der Waals surface area contributed by atoms with Crippen LogP contribution in [0.3, 0.4) is 0 Å². The van der Waals surface area contributed by atoms with Crippen LogP contribution in [0.5, 0.6) is 0 Å². The number of hydrogen-bond acceptors (Lipinski definition) is 7. The van der Waals surface area contributed by atoms with E-state index in [1.54, 1.807) is 41.8 Å². The highest BCUT2D eigenvalue weighted by atomic mass is 32.2. The van der Waals surface area contributed by atoms with Gasteiger partial charge in [-0.25, -0.2) is 9.97 Å². The summed E-state index contributed by atoms with van der Waals surface area (Å²) >= 11 is 3.26. The lowest BCUT2D eigenvalue weighted by atomic mass is 10.2. The maximum Gasteiger partial charge on any atom is 0.197 e. The van der Waals surface area contributed by atoms with E-state index in [0.29, 0.717) is 0 Å². The van der Waals surface area contributed by atoms with Gasteiger partial charge in [-0.05, 0) is 49.7 Å². The Morgan fingerprint density at radius 3 is 2.69 bits per heavy atom. The van der Waals surface area contributed by atoms with Gasteiger partial charge in [0.15, 0.2) is 11.0 Å². The number of aryl methyl sites for hydroxylation is 2. The van der Waals surface area contributed by atoms with Crippen LogP contribution >= 0.6 is 23.1 Å². The van der Waals surface area contributed by atoms with Crippen LogP contribution in [-0.2, 0) is 6.54 Å². The number of pyridine rings is 1. The minimum absolute atomic E-state index is 0.849. The molecule has 0 unspecified atom stereocenters. The molecule has 0 saturated heterocycles. The Morgan fingerprint density at radius 1 is 1.12 bits per heavy atom. The van der Waals surface area contributed by atoms with E-state index in [1.165, 1.54) is 10.4 Å². The number of hydrogen-bond donors (Lipinski definition) is 0. The van der Waals surface area contributed by atoms with Crippen LogP contribution in [0.4, 0.5) is 0 Å². The average Bonchev–Trinajstić information content (AvgIpc) is 3.18. The highest BCUT2D eigenvalue weighted by molar-refractivity contribution is 7.99. The smallest absolute Gasteiger partial charge is 0.197 e. The molecule has 4 rings (SSSR count). The summed E-state index contributed by atoms with van der Waals surface area (Å²) in [6.07, 6.45) is 6.18. The van der Waals surface area contributed by atoms with Crippen LogP contribution in [0, 0.1) is 13.8 Å². The van der Waals surface area contributed by atoms with E-state index in [2.05, 4.69) is 50.5 Å². The highest BCUT2D eigenvalue weighted by Crippen LogP contribution is 2.37. The molecule has 132 valence electrons. The van der Waals surface area contributed by atoms with Gasteiger partial charge in [-0.3, -0.25) is 4.98 Å². The van der Waals surface area contributed by atoms with E-state index < -0.39 is 0 Å². The minimum atomic E-state index is 0.849. The van der Waals surface area contributed by atoms with E-state index in [-0.39, 0.29) is 0 Å². The Labute approximate surface area is 159 Å². The minimum Gasteiger partial charge on any atom is -0.302 e. The van der Waals surface area contributed by atoms with Crippen LogP contribution < -0.4 is 0 Å². The Bertz CT molecular complexity index is 1050. The number of rotatable bonds is 5. The third-order valence-electron chi connectivity index (χ3n) is 4.22. The number of thiophene rings is 1. The number of nitrogens with zero attached hydrogens (tertiary/aromatic N) is 6. The first kappa shape index (κ1) is 17.1. The molecule has 0 amide bonds. The average molecular weight is 383 g/mol. The second kappa shape index (κ2) is 7.13. The third-order valence-corrected chi connectivity index (χ3v) is 6.32. The molecule has 4 aromatic heterocycles. The monoisotopic (exact) mass is 382 g/mol. The van der Waals surface area contributed by atoms with Gasteiger partial charge in [0.25, 0.3) is 0 Å². The first-order valence-corrected chi connectivity index (χ1v) is 10.0. The van der Waals surface area contributed by atoms with Crippen molar-refractivity contribution in [2.75, 3.05) is 0 Å². The summed E-state index contributed by atoms with van der Waals surface area (Å²) in [4.78, 5) is 15.3. The van der Waals surface area contributed by atoms with Crippen molar-refractivity contribution in [3.63, 3.8) is 0 Å². The molecular weight excluding hydrogens is 364 g/mol. The Kier molecular flexibility index (Phi) is 4.69. The normalized spacial score (nSPS) is 11.3. The van der Waals surface area contributed by atoms with Gasteiger partial charge in [0.05, 0.1) is 0 Å². The molecule has 0 aliphatic rings. The SMILES string of the molecule is CCCn1c(Sc2ncnc3sc(C)c(C)c23)nnc1-c1ccncc1. The van der Waals surface area contributed by atoms with Gasteiger partial charge in [-0.1, -0.05) is 6.92 Å². The van der Waals surface area contributed by atoms with Gasteiger partial charge in [0.2, 0.25) is 0 Å². The maximum absolute atomic E-state index is 4.53. The lowest BCUT2D eigenvalue weighted by molar-refractivity contribution is 0.626. The molecule has 0 spiro atoms. The van der Waals surface area contributed by atoms with Gasteiger partial charge in [0, 0.05) is 34.8 Å². The summed E-state index contributed by atoms with van der Waals surface area (Å²) in [5.74, 6) is 0.861. The predicted octanol–water partition coefficient (Wildman–Crippen LogP) is 4.52. The van der Waals surface area contributed by atoms with Crippen molar-refractivity contribution in [2.45, 2.75) is 43.9 Å². The van der Waals surface area contributed by atoms with E-state index in [4.69, 9.17) is 0 Å². The van der Waals surface area contributed by atoms with Crippen molar-refractivity contribution in [1.82, 2.24) is 29.7 Å². The van der Waals surface area contributed by atoms with E-state index >= 15 is 0 Å². The van der Waals surface area contributed by atoms with Gasteiger partial charge < -0.3 is 4.57 Å². The van der Waals surface area contributed by atoms with Crippen LogP contribution in [0.2, 0.25) is 0 Å². The standard InChI is InChI=1S/C18H18N6S2/c1-4-9-24-15(13-5-7-19-8-6-13)22-23-18(24)26-17-14-11(2)12(3)25-16(14)20-10-21-17/h5-8,10H,4,9H2,1-3H3. The van der Waals surface area contributed by atoms with Crippen molar-refractivity contribution in [3.05, 3.63) is 41.3 Å². The molecule has 0 N–H and O–H groups in total. The highest BCUT2D eigenvalue weighted by Gasteiger charge is 2.18. The van der Waals surface area contributed by atoms with Gasteiger partial charge in [-0.2, -0.15) is 0 Å². The fourth-order valence-electron chi connectivity index (χ4n) is 2.82. The summed E-state index contributed by atoms with van der Waals surface area (Å²) in [5.41, 5.74) is 2.26. The second-order valence-corrected chi connectivity index (χ2v) is 8.10. The molecule has 6 nitrogen and oxygen atoms in total. The van der Waals surface area contributed by atoms with Gasteiger partial charge in [0.1, 0.15) is 16.2 Å². The molecule has 0 fully saturated rings. The zero-order valence-electron chi connectivity index (χ0n) is 14.8. The van der Waals surface area contributed by atoms with Gasteiger partial charge in [-0.15, -0.1) is 21.5 Å². The Balaban J connectivity index is 1.79. The van der Waals surface area contributed by atoms with Crippen LogP contribution in [0.15, 0.2) is 41.0 Å². The molecule has 0 aliphatic heterocycles. The lowest BCUT2D eigenvalue weighted by Gasteiger charge is -2.09. The summed E-state index contributed by atoms with van der Waals surface area (Å²) in [7, 11) is 0. The number of fused-ring (bicyclic) bond motifs is 1. The van der Waals surface area contributed by atoms with Crippen molar-refractivity contribution < 1.29 is 0 Å². The summed E-state index contributed by atoms with van der Waals surface area (Å²) in [5, 5.41) is 11.8. The van der Waals surface area contributed by atoms with Crippen LogP contribution in [0.25, 0.3) is 21.6 Å². The summed E-state index contributed by atoms with van der Waals surface area (Å²) in [6.45, 7) is 7.25. The fraction of sp³-hybridized carbons (Fsp3) is 0.278. The van der Waals surface area contributed by atoms with Crippen LogP contribution in [-0.4, -0.2) is 29.7 Å². The van der Waals surface area contributed by atoms with Crippen molar-refractivity contribution >= 4 is 33.3 Å². The Morgan fingerprint density at radius 2 is 1.92 bits per heavy atom. The van der Waals surface area contributed by atoms with Crippen molar-refractivity contribution in [2.24, 2.45) is 0 Å². The number of aromatic nitrogens is 6. The first-order valence-electron chi connectivity index (χ1n) is 8.41. The van der Waals surface area contributed by atoms with E-state index in [1.807, 2.05) is 12.1 Å². The Hall–Kier alpha value is -2.32. The van der Waals surface area contributed by atoms with E-state index in [0.717, 1.165) is 44.8 Å². The first-order chi connectivity index (χ1) is 12.7. The molecule has 0 bridgehead atoms. The molecule has 0 aromatic carbocycles. The molecule has 0 saturated carbocycles. The topological polar surface area (TPSA) is 69.4 Å². The molecule has 4 heterocycles. The molecule has 0 atom stereocenters. The lowest BCUT2D eigenvalue weighted by Crippen LogP contribution is -2.02. The zero-order chi connectivity index (χ0) is 18.1. The van der Waals surface area contributed by atoms with Crippen molar-refractivity contribution in [3.8, 4) is 11.4 Å². The summed E-state index contributed by atoms with van der Waals surface area (Å²) < 4.78 is 2.16. The maximum atomic E-state index is 4.53. The quantitative estimate of drug-likeness (QED) is 0.473. The largest absolute Gasteiger partial charge is 0.302 e. The van der Waals surface area contributed by atoms with Gasteiger partial charge >= 0.3 is 0 Å². The molecule has 4 aromatic rings. The van der Waals surface area contributed by atoms with E-state index in [9.17, 15) is 0 Å². The predicted molar refractivity (Wildman–Crippen MR) is 105 cm³/mol. The molecule has 26 heavy (non-hydrogen) atoms. The second-order valence-electron chi connectivity index (χ2n) is 5.94.